The molecule has 0 radical (unpaired) electrons. The Balaban J connectivity index is 0.000000887. The van der Waals surface area contributed by atoms with Crippen molar-refractivity contribution in [2.24, 2.45) is 35.5 Å². The molecule has 4 saturated carbocycles. The van der Waals surface area contributed by atoms with Crippen molar-refractivity contribution < 1.29 is 20.8 Å². The quantitative estimate of drug-likeness (QED) is 0.190. The van der Waals surface area contributed by atoms with E-state index < -0.39 is 37.5 Å². The molecule has 0 aromatic heterocycles. The van der Waals surface area contributed by atoms with Crippen molar-refractivity contribution in [2.45, 2.75) is 102 Å². The second kappa shape index (κ2) is 17.7. The van der Waals surface area contributed by atoms with Crippen LogP contribution >= 0.6 is 17.0 Å². The van der Waals surface area contributed by atoms with Crippen molar-refractivity contribution in [3.05, 3.63) is 75.5 Å². The maximum absolute atomic E-state index is 4.93. The summed E-state index contributed by atoms with van der Waals surface area (Å²) in [5.74, 6) is 6.23. The Hall–Kier alpha value is 0.337. The topological polar surface area (TPSA) is 0 Å². The van der Waals surface area contributed by atoms with Crippen molar-refractivity contribution in [3.63, 3.8) is 0 Å². The van der Waals surface area contributed by atoms with E-state index in [-0.39, 0.29) is 14.9 Å². The molecule has 0 aliphatic heterocycles. The monoisotopic (exact) mass is 704 g/mol. The number of benzene rings is 2. The van der Waals surface area contributed by atoms with E-state index in [1.54, 1.807) is 44.9 Å². The molecule has 10 unspecified atom stereocenters. The van der Waals surface area contributed by atoms with E-state index in [0.717, 1.165) is 46.6 Å². The first-order chi connectivity index (χ1) is 19.2. The first kappa shape index (κ1) is 35.8. The second-order valence-electron chi connectivity index (χ2n) is 13.5. The summed E-state index contributed by atoms with van der Waals surface area (Å²) < 4.78 is 0. The molecule has 0 heterocycles. The minimum absolute atomic E-state index is 0. The van der Waals surface area contributed by atoms with Crippen LogP contribution in [0.5, 0.6) is 0 Å². The Labute approximate surface area is 275 Å². The van der Waals surface area contributed by atoms with Crippen LogP contribution in [0.25, 0.3) is 0 Å². The molecule has 0 saturated heterocycles. The molecule has 6 rings (SSSR count). The molecule has 5 heteroatoms. The van der Waals surface area contributed by atoms with Gasteiger partial charge in [-0.3, -0.25) is 0 Å². The molecule has 4 fully saturated rings. The van der Waals surface area contributed by atoms with Crippen LogP contribution in [-0.4, -0.2) is 16.6 Å². The summed E-state index contributed by atoms with van der Waals surface area (Å²) in [6, 6.07) is 24.4. The molecule has 0 spiro atoms. The molecule has 10 atom stereocenters. The molecule has 4 aliphatic carbocycles. The molecule has 0 nitrogen and oxygen atoms in total. The summed E-state index contributed by atoms with van der Waals surface area (Å²) in [7, 11) is 7.66. The predicted octanol–water partition coefficient (Wildman–Crippen LogP) is 9.82. The van der Waals surface area contributed by atoms with E-state index >= 15 is 0 Å². The second-order valence-corrected chi connectivity index (χ2v) is 26.8. The van der Waals surface area contributed by atoms with Gasteiger partial charge in [0, 0.05) is 0 Å². The third-order valence-electron chi connectivity index (χ3n) is 11.8. The number of rotatable bonds is 8. The standard InChI is InChI=1S/C34H50Si2.2CH3.2ClH.Zr/c1-3-4-12-26-19-20-30(23-26)35(28-14-7-5-8-15-28)36(29-16-9-6-10-17-29)34-22-21-32-25(2)31-18-11-13-27(31)24-33(32)34;;;;;/h5-10,14-17,25-27,30-36H,3-4,11-13,18-24H2,1-2H3;2*1H3;2*1H;/q;2*-1;;;+4/p-2. The summed E-state index contributed by atoms with van der Waals surface area (Å²) in [4.78, 5) is 0. The number of hydrogen-bond acceptors (Lipinski definition) is 0. The Bertz CT molecular complexity index is 992. The molecule has 0 N–H and O–H groups in total. The van der Waals surface area contributed by atoms with Crippen LogP contribution in [0, 0.1) is 50.4 Å². The number of halogens is 2. The van der Waals surface area contributed by atoms with Crippen LogP contribution in [-0.2, 0) is 20.8 Å². The van der Waals surface area contributed by atoms with Gasteiger partial charge in [-0.05, 0) is 65.9 Å². The van der Waals surface area contributed by atoms with E-state index in [9.17, 15) is 0 Å². The summed E-state index contributed by atoms with van der Waals surface area (Å²) in [5.41, 5.74) is 2.11. The maximum atomic E-state index is 4.93. The van der Waals surface area contributed by atoms with Crippen molar-refractivity contribution >= 4 is 44.0 Å². The van der Waals surface area contributed by atoms with Gasteiger partial charge in [0.15, 0.2) is 0 Å². The van der Waals surface area contributed by atoms with Gasteiger partial charge in [-0.15, -0.1) is 0 Å². The van der Waals surface area contributed by atoms with Gasteiger partial charge in [0.05, 0.1) is 16.6 Å². The molecular formula is C36H56Cl2Si2Zr. The fraction of sp³-hybridized carbons (Fsp3) is 0.611. The van der Waals surface area contributed by atoms with E-state index in [4.69, 9.17) is 17.0 Å². The SMILES string of the molecule is CCCCC1CCC([SiH](c2ccccc2)[SiH](c2ccccc2)C2CCC3C(C)C4CCCC4CC32)C1.[CH3-].[CH3-].[Cl][Zr+2][Cl]. The zero-order valence-corrected chi connectivity index (χ0v) is 32.6. The van der Waals surface area contributed by atoms with Gasteiger partial charge < -0.3 is 14.9 Å². The van der Waals surface area contributed by atoms with E-state index in [0.29, 0.717) is 0 Å². The molecule has 4 aliphatic rings. The van der Waals surface area contributed by atoms with Crippen molar-refractivity contribution in [2.75, 3.05) is 0 Å². The van der Waals surface area contributed by atoms with Crippen molar-refractivity contribution in [1.82, 2.24) is 0 Å². The first-order valence-electron chi connectivity index (χ1n) is 16.2. The summed E-state index contributed by atoms with van der Waals surface area (Å²) in [5, 5.41) is 3.69. The Morgan fingerprint density at radius 3 is 2.00 bits per heavy atom. The fourth-order valence-corrected chi connectivity index (χ4v) is 27.1. The number of hydrogen-bond donors (Lipinski definition) is 0. The van der Waals surface area contributed by atoms with Crippen LogP contribution in [0.3, 0.4) is 0 Å². The Morgan fingerprint density at radius 2 is 1.37 bits per heavy atom. The van der Waals surface area contributed by atoms with Crippen LogP contribution in [0.2, 0.25) is 11.1 Å². The molecule has 0 amide bonds. The van der Waals surface area contributed by atoms with Crippen LogP contribution in [0.1, 0.15) is 90.9 Å². The third kappa shape index (κ3) is 8.33. The number of fused-ring (bicyclic) bond motifs is 2. The minimum atomic E-state index is -1.11. The summed E-state index contributed by atoms with van der Waals surface area (Å²) in [6.07, 6.45) is 18.3. The third-order valence-corrected chi connectivity index (χ3v) is 26.1. The van der Waals surface area contributed by atoms with Gasteiger partial charge in [0.2, 0.25) is 0 Å². The van der Waals surface area contributed by atoms with E-state index in [1.165, 1.54) is 32.1 Å². The van der Waals surface area contributed by atoms with Gasteiger partial charge in [-0.2, -0.15) is 0 Å². The van der Waals surface area contributed by atoms with E-state index in [1.807, 2.05) is 10.4 Å². The van der Waals surface area contributed by atoms with Gasteiger partial charge in [0.25, 0.3) is 0 Å². The molecular weight excluding hydrogens is 651 g/mol. The molecule has 41 heavy (non-hydrogen) atoms. The number of unbranched alkanes of at least 4 members (excludes halogenated alkanes) is 1. The van der Waals surface area contributed by atoms with Gasteiger partial charge >= 0.3 is 37.9 Å². The van der Waals surface area contributed by atoms with Gasteiger partial charge in [0.1, 0.15) is 0 Å². The molecule has 226 valence electrons. The van der Waals surface area contributed by atoms with Crippen LogP contribution in [0.4, 0.5) is 0 Å². The zero-order chi connectivity index (χ0) is 27.2. The normalized spacial score (nSPS) is 33.1. The predicted molar refractivity (Wildman–Crippen MR) is 186 cm³/mol. The molecule has 2 aromatic carbocycles. The first-order valence-corrected chi connectivity index (χ1v) is 27.7. The van der Waals surface area contributed by atoms with Gasteiger partial charge in [-0.25, -0.2) is 0 Å². The molecule has 0 bridgehead atoms. The summed E-state index contributed by atoms with van der Waals surface area (Å²) in [6.45, 7) is 5.06. The fourth-order valence-electron chi connectivity index (χ4n) is 10.3. The van der Waals surface area contributed by atoms with Crippen LogP contribution in [0.15, 0.2) is 60.7 Å². The molecule has 2 aromatic rings. The Morgan fingerprint density at radius 1 is 0.732 bits per heavy atom. The van der Waals surface area contributed by atoms with Crippen LogP contribution < -0.4 is 10.4 Å². The average molecular weight is 707 g/mol. The van der Waals surface area contributed by atoms with Gasteiger partial charge in [-0.1, -0.05) is 143 Å². The van der Waals surface area contributed by atoms with E-state index in [2.05, 4.69) is 74.5 Å². The zero-order valence-electron chi connectivity index (χ0n) is 26.3. The average Bonchev–Trinajstić information content (AvgIpc) is 3.73. The van der Waals surface area contributed by atoms with Crippen molar-refractivity contribution in [3.8, 4) is 0 Å². The summed E-state index contributed by atoms with van der Waals surface area (Å²) >= 11 is -0.826. The van der Waals surface area contributed by atoms with Crippen molar-refractivity contribution in [1.29, 1.82) is 0 Å². The Kier molecular flexibility index (Phi) is 15.5.